The van der Waals surface area contributed by atoms with Crippen molar-refractivity contribution in [2.75, 3.05) is 19.7 Å². The summed E-state index contributed by atoms with van der Waals surface area (Å²) in [5.74, 6) is 0.880. The first-order valence-corrected chi connectivity index (χ1v) is 7.89. The van der Waals surface area contributed by atoms with Crippen molar-refractivity contribution in [1.82, 2.24) is 24.6 Å². The molecule has 0 saturated carbocycles. The second-order valence-corrected chi connectivity index (χ2v) is 5.60. The lowest BCUT2D eigenvalue weighted by Crippen LogP contribution is -2.42. The Kier molecular flexibility index (Phi) is 4.97. The number of morpholine rings is 1. The number of carbonyl (C=O) groups is 1. The number of rotatable bonds is 5. The van der Waals surface area contributed by atoms with Gasteiger partial charge in [0.25, 0.3) is 0 Å². The molecule has 1 saturated heterocycles. The predicted octanol–water partition coefficient (Wildman–Crippen LogP) is 1.36. The maximum absolute atomic E-state index is 12.4. The van der Waals surface area contributed by atoms with Gasteiger partial charge in [-0.05, 0) is 25.5 Å². The SMILES string of the molecule is Cc1nccc([C@H]2CN(C(=O)CCCn3cccn3)CCO2)n1. The van der Waals surface area contributed by atoms with Crippen LogP contribution in [-0.2, 0) is 16.1 Å². The minimum absolute atomic E-state index is 0.163. The summed E-state index contributed by atoms with van der Waals surface area (Å²) in [6.07, 6.45) is 6.53. The zero-order valence-corrected chi connectivity index (χ0v) is 13.3. The lowest BCUT2D eigenvalue weighted by atomic mass is 10.1. The molecule has 0 N–H and O–H groups in total. The van der Waals surface area contributed by atoms with E-state index in [0.29, 0.717) is 31.9 Å². The molecule has 3 rings (SSSR count). The van der Waals surface area contributed by atoms with E-state index in [9.17, 15) is 4.79 Å². The molecule has 1 aliphatic heterocycles. The van der Waals surface area contributed by atoms with Gasteiger partial charge in [0.2, 0.25) is 5.91 Å². The van der Waals surface area contributed by atoms with Crippen LogP contribution in [0.5, 0.6) is 0 Å². The van der Waals surface area contributed by atoms with E-state index < -0.39 is 0 Å². The molecular weight excluding hydrogens is 294 g/mol. The quantitative estimate of drug-likeness (QED) is 0.833. The topological polar surface area (TPSA) is 73.1 Å². The maximum Gasteiger partial charge on any atom is 0.222 e. The Morgan fingerprint density at radius 2 is 2.35 bits per heavy atom. The first kappa shape index (κ1) is 15.6. The van der Waals surface area contributed by atoms with Gasteiger partial charge in [-0.2, -0.15) is 5.10 Å². The number of hydrogen-bond donors (Lipinski definition) is 0. The van der Waals surface area contributed by atoms with Crippen molar-refractivity contribution in [2.45, 2.75) is 32.4 Å². The van der Waals surface area contributed by atoms with Crippen molar-refractivity contribution in [3.8, 4) is 0 Å². The Hall–Kier alpha value is -2.28. The number of amides is 1. The average molecular weight is 315 g/mol. The average Bonchev–Trinajstić information content (AvgIpc) is 3.08. The van der Waals surface area contributed by atoms with Crippen molar-refractivity contribution in [1.29, 1.82) is 0 Å². The third-order valence-electron chi connectivity index (χ3n) is 3.88. The number of hydrogen-bond acceptors (Lipinski definition) is 5. The highest BCUT2D eigenvalue weighted by Crippen LogP contribution is 2.21. The van der Waals surface area contributed by atoms with Gasteiger partial charge in [0.15, 0.2) is 0 Å². The van der Waals surface area contributed by atoms with Crippen LogP contribution < -0.4 is 0 Å². The van der Waals surface area contributed by atoms with Gasteiger partial charge in [-0.3, -0.25) is 9.48 Å². The Morgan fingerprint density at radius 3 is 3.13 bits per heavy atom. The van der Waals surface area contributed by atoms with E-state index in [4.69, 9.17) is 4.74 Å². The number of aryl methyl sites for hydroxylation is 2. The van der Waals surface area contributed by atoms with Crippen molar-refractivity contribution in [2.24, 2.45) is 0 Å². The summed E-state index contributed by atoms with van der Waals surface area (Å²) in [5.41, 5.74) is 0.839. The molecule has 0 radical (unpaired) electrons. The first-order valence-electron chi connectivity index (χ1n) is 7.89. The summed E-state index contributed by atoms with van der Waals surface area (Å²) in [6.45, 7) is 4.35. The first-order chi connectivity index (χ1) is 11.2. The van der Waals surface area contributed by atoms with E-state index in [0.717, 1.165) is 18.7 Å². The summed E-state index contributed by atoms with van der Waals surface area (Å²) in [7, 11) is 0. The Morgan fingerprint density at radius 1 is 1.43 bits per heavy atom. The standard InChI is InChI=1S/C16H21N5O2/c1-13-17-7-5-14(19-13)15-12-20(10-11-23-15)16(22)4-2-8-21-9-3-6-18-21/h3,5-7,9,15H,2,4,8,10-12H2,1H3/t15-/m1/s1. The number of aromatic nitrogens is 4. The van der Waals surface area contributed by atoms with Gasteiger partial charge in [-0.15, -0.1) is 0 Å². The molecule has 0 aromatic carbocycles. The fourth-order valence-corrected chi connectivity index (χ4v) is 2.69. The molecule has 122 valence electrons. The van der Waals surface area contributed by atoms with Crippen LogP contribution in [0.3, 0.4) is 0 Å². The zero-order chi connectivity index (χ0) is 16.1. The smallest absolute Gasteiger partial charge is 0.222 e. The highest BCUT2D eigenvalue weighted by molar-refractivity contribution is 5.76. The third kappa shape index (κ3) is 4.13. The largest absolute Gasteiger partial charge is 0.368 e. The van der Waals surface area contributed by atoms with Gasteiger partial charge in [0.05, 0.1) is 18.8 Å². The van der Waals surface area contributed by atoms with Crippen LogP contribution in [0.15, 0.2) is 30.7 Å². The van der Waals surface area contributed by atoms with Gasteiger partial charge in [0.1, 0.15) is 11.9 Å². The second kappa shape index (κ2) is 7.32. The highest BCUT2D eigenvalue weighted by atomic mass is 16.5. The minimum atomic E-state index is -0.166. The van der Waals surface area contributed by atoms with Gasteiger partial charge >= 0.3 is 0 Å². The molecule has 23 heavy (non-hydrogen) atoms. The molecule has 3 heterocycles. The monoisotopic (exact) mass is 315 g/mol. The molecule has 2 aromatic heterocycles. The number of nitrogens with zero attached hydrogens (tertiary/aromatic N) is 5. The number of ether oxygens (including phenoxy) is 1. The van der Waals surface area contributed by atoms with Crippen LogP contribution >= 0.6 is 0 Å². The van der Waals surface area contributed by atoms with Gasteiger partial charge in [-0.1, -0.05) is 0 Å². The molecular formula is C16H21N5O2. The molecule has 0 aliphatic carbocycles. The van der Waals surface area contributed by atoms with E-state index in [1.54, 1.807) is 12.4 Å². The molecule has 0 unspecified atom stereocenters. The van der Waals surface area contributed by atoms with Crippen molar-refractivity contribution in [3.05, 3.63) is 42.2 Å². The van der Waals surface area contributed by atoms with Crippen LogP contribution in [0.2, 0.25) is 0 Å². The summed E-state index contributed by atoms with van der Waals surface area (Å²) in [5, 5.41) is 4.14. The molecule has 7 nitrogen and oxygen atoms in total. The molecule has 7 heteroatoms. The van der Waals surface area contributed by atoms with E-state index in [1.807, 2.05) is 34.8 Å². The van der Waals surface area contributed by atoms with Crippen LogP contribution in [0.4, 0.5) is 0 Å². The van der Waals surface area contributed by atoms with Gasteiger partial charge in [-0.25, -0.2) is 9.97 Å². The lowest BCUT2D eigenvalue weighted by molar-refractivity contribution is -0.139. The summed E-state index contributed by atoms with van der Waals surface area (Å²) in [4.78, 5) is 22.7. The van der Waals surface area contributed by atoms with Gasteiger partial charge < -0.3 is 9.64 Å². The number of carbonyl (C=O) groups excluding carboxylic acids is 1. The molecule has 1 fully saturated rings. The van der Waals surface area contributed by atoms with Crippen LogP contribution in [0, 0.1) is 6.92 Å². The molecule has 1 amide bonds. The van der Waals surface area contributed by atoms with Crippen molar-refractivity contribution < 1.29 is 9.53 Å². The van der Waals surface area contributed by atoms with Crippen LogP contribution in [0.1, 0.15) is 30.5 Å². The molecule has 1 aliphatic rings. The maximum atomic E-state index is 12.4. The Balaban J connectivity index is 1.52. The summed E-state index contributed by atoms with van der Waals surface area (Å²) < 4.78 is 7.61. The van der Waals surface area contributed by atoms with E-state index in [2.05, 4.69) is 15.1 Å². The normalized spacial score (nSPS) is 18.1. The summed E-state index contributed by atoms with van der Waals surface area (Å²) >= 11 is 0. The van der Waals surface area contributed by atoms with Gasteiger partial charge in [0, 0.05) is 38.1 Å². The fourth-order valence-electron chi connectivity index (χ4n) is 2.69. The molecule has 0 spiro atoms. The highest BCUT2D eigenvalue weighted by Gasteiger charge is 2.26. The van der Waals surface area contributed by atoms with E-state index in [1.165, 1.54) is 0 Å². The summed E-state index contributed by atoms with van der Waals surface area (Å²) in [6, 6.07) is 3.74. The Bertz CT molecular complexity index is 644. The van der Waals surface area contributed by atoms with Crippen LogP contribution in [-0.4, -0.2) is 50.3 Å². The van der Waals surface area contributed by atoms with E-state index >= 15 is 0 Å². The lowest BCUT2D eigenvalue weighted by Gasteiger charge is -2.32. The second-order valence-electron chi connectivity index (χ2n) is 5.60. The minimum Gasteiger partial charge on any atom is -0.368 e. The predicted molar refractivity (Wildman–Crippen MR) is 83.5 cm³/mol. The fraction of sp³-hybridized carbons (Fsp3) is 0.500. The Labute approximate surface area is 135 Å². The van der Waals surface area contributed by atoms with Crippen molar-refractivity contribution in [3.63, 3.8) is 0 Å². The molecule has 2 aromatic rings. The van der Waals surface area contributed by atoms with E-state index in [-0.39, 0.29) is 12.0 Å². The molecule has 1 atom stereocenters. The van der Waals surface area contributed by atoms with Crippen LogP contribution in [0.25, 0.3) is 0 Å². The van der Waals surface area contributed by atoms with Crippen molar-refractivity contribution >= 4 is 5.91 Å². The third-order valence-corrected chi connectivity index (χ3v) is 3.88. The zero-order valence-electron chi connectivity index (χ0n) is 13.3. The molecule has 0 bridgehead atoms.